The molecule has 3 aromatic carbocycles. The van der Waals surface area contributed by atoms with Crippen LogP contribution in [0.4, 0.5) is 5.69 Å². The second-order valence-electron chi connectivity index (χ2n) is 7.53. The largest absolute Gasteiger partial charge is 0.492 e. The summed E-state index contributed by atoms with van der Waals surface area (Å²) < 4.78 is 34.3. The number of para-hydroxylation sites is 2. The Morgan fingerprint density at radius 1 is 0.971 bits per heavy atom. The van der Waals surface area contributed by atoms with Crippen LogP contribution in [0.1, 0.15) is 31.9 Å². The maximum absolute atomic E-state index is 13.7. The highest BCUT2D eigenvalue weighted by Crippen LogP contribution is 2.33. The lowest BCUT2D eigenvalue weighted by molar-refractivity contribution is -0.120. The predicted molar refractivity (Wildman–Crippen MR) is 138 cm³/mol. The molecule has 0 aliphatic rings. The van der Waals surface area contributed by atoms with E-state index < -0.39 is 15.9 Å². The summed E-state index contributed by atoms with van der Waals surface area (Å²) in [6.07, 6.45) is 2.60. The number of anilines is 1. The number of benzene rings is 3. The summed E-state index contributed by atoms with van der Waals surface area (Å²) in [5.74, 6) is 0.00326. The van der Waals surface area contributed by atoms with Gasteiger partial charge in [0.15, 0.2) is 0 Å². The van der Waals surface area contributed by atoms with Crippen molar-refractivity contribution in [3.63, 3.8) is 0 Å². The molecule has 0 radical (unpaired) electrons. The van der Waals surface area contributed by atoms with Gasteiger partial charge in [0.25, 0.3) is 10.0 Å². The standard InChI is InChI=1S/C26H30N2O4S2/c1-4-23(20-11-7-6-8-12-20)27-26(29)19-28(24-13-9-10-14-25(24)32-5-2)34(30,31)22-17-15-21(33-3)16-18-22/h6-18,23H,4-5,19H2,1-3H3,(H,27,29)/t23-/m0/s1. The van der Waals surface area contributed by atoms with E-state index in [2.05, 4.69) is 5.32 Å². The Morgan fingerprint density at radius 3 is 2.24 bits per heavy atom. The van der Waals surface area contributed by atoms with Gasteiger partial charge in [0.1, 0.15) is 12.3 Å². The first-order chi connectivity index (χ1) is 16.4. The molecule has 1 amide bonds. The summed E-state index contributed by atoms with van der Waals surface area (Å²) in [4.78, 5) is 14.2. The molecule has 0 aliphatic heterocycles. The van der Waals surface area contributed by atoms with Crippen LogP contribution in [0, 0.1) is 0 Å². The number of hydrogen-bond acceptors (Lipinski definition) is 5. The Labute approximate surface area is 206 Å². The smallest absolute Gasteiger partial charge is 0.264 e. The van der Waals surface area contributed by atoms with Gasteiger partial charge in [-0.3, -0.25) is 9.10 Å². The highest BCUT2D eigenvalue weighted by molar-refractivity contribution is 7.98. The van der Waals surface area contributed by atoms with Gasteiger partial charge in [-0.25, -0.2) is 8.42 Å². The third-order valence-electron chi connectivity index (χ3n) is 5.31. The van der Waals surface area contributed by atoms with Crippen molar-refractivity contribution in [1.82, 2.24) is 5.32 Å². The zero-order valence-corrected chi connectivity index (χ0v) is 21.2. The summed E-state index contributed by atoms with van der Waals surface area (Å²) in [5, 5.41) is 2.99. The van der Waals surface area contributed by atoms with Crippen molar-refractivity contribution in [2.24, 2.45) is 0 Å². The zero-order chi connectivity index (χ0) is 24.6. The lowest BCUT2D eigenvalue weighted by Crippen LogP contribution is -2.42. The molecule has 3 rings (SSSR count). The highest BCUT2D eigenvalue weighted by atomic mass is 32.2. The zero-order valence-electron chi connectivity index (χ0n) is 19.6. The fraction of sp³-hybridized carbons (Fsp3) is 0.269. The maximum atomic E-state index is 13.7. The van der Waals surface area contributed by atoms with Crippen molar-refractivity contribution < 1.29 is 17.9 Å². The van der Waals surface area contributed by atoms with Crippen molar-refractivity contribution in [3.05, 3.63) is 84.4 Å². The van der Waals surface area contributed by atoms with E-state index in [0.29, 0.717) is 24.5 Å². The third-order valence-corrected chi connectivity index (χ3v) is 7.83. The molecule has 180 valence electrons. The van der Waals surface area contributed by atoms with Crippen LogP contribution in [-0.2, 0) is 14.8 Å². The molecule has 34 heavy (non-hydrogen) atoms. The predicted octanol–water partition coefficient (Wildman–Crippen LogP) is 5.27. The first-order valence-corrected chi connectivity index (χ1v) is 13.8. The van der Waals surface area contributed by atoms with Crippen LogP contribution in [0.15, 0.2) is 88.7 Å². The first kappa shape index (κ1) is 25.6. The number of sulfonamides is 1. The van der Waals surface area contributed by atoms with Crippen LogP contribution in [0.3, 0.4) is 0 Å². The summed E-state index contributed by atoms with van der Waals surface area (Å²) >= 11 is 1.53. The minimum absolute atomic E-state index is 0.111. The van der Waals surface area contributed by atoms with Crippen LogP contribution < -0.4 is 14.4 Å². The van der Waals surface area contributed by atoms with E-state index in [-0.39, 0.29) is 17.5 Å². The number of nitrogens with one attached hydrogen (secondary N) is 1. The Balaban J connectivity index is 1.97. The maximum Gasteiger partial charge on any atom is 0.264 e. The monoisotopic (exact) mass is 498 g/mol. The summed E-state index contributed by atoms with van der Waals surface area (Å²) in [7, 11) is -4.04. The number of rotatable bonds is 11. The molecule has 0 saturated carbocycles. The summed E-state index contributed by atoms with van der Waals surface area (Å²) in [6, 6.07) is 22.9. The fourth-order valence-corrected chi connectivity index (χ4v) is 5.43. The Kier molecular flexibility index (Phi) is 9.01. The molecule has 0 bridgehead atoms. The van der Waals surface area contributed by atoms with Crippen molar-refractivity contribution in [1.29, 1.82) is 0 Å². The van der Waals surface area contributed by atoms with Gasteiger partial charge in [0, 0.05) is 4.90 Å². The highest BCUT2D eigenvalue weighted by Gasteiger charge is 2.30. The summed E-state index contributed by atoms with van der Waals surface area (Å²) in [5.41, 5.74) is 1.29. The van der Waals surface area contributed by atoms with E-state index in [1.165, 1.54) is 11.8 Å². The van der Waals surface area contributed by atoms with Crippen LogP contribution in [0.2, 0.25) is 0 Å². The fourth-order valence-electron chi connectivity index (χ4n) is 3.59. The SMILES string of the molecule is CCOc1ccccc1N(CC(=O)N[C@@H](CC)c1ccccc1)S(=O)(=O)c1ccc(SC)cc1. The Hall–Kier alpha value is -2.97. The molecule has 0 saturated heterocycles. The van der Waals surface area contributed by atoms with Gasteiger partial charge in [-0.2, -0.15) is 0 Å². The quantitative estimate of drug-likeness (QED) is 0.365. The summed E-state index contributed by atoms with van der Waals surface area (Å²) in [6.45, 7) is 3.80. The molecule has 3 aromatic rings. The molecular formula is C26H30N2O4S2. The second kappa shape index (κ2) is 11.9. The number of nitrogens with zero attached hydrogens (tertiary/aromatic N) is 1. The van der Waals surface area contributed by atoms with Gasteiger partial charge in [0.2, 0.25) is 5.91 Å². The van der Waals surface area contributed by atoms with Gasteiger partial charge >= 0.3 is 0 Å². The van der Waals surface area contributed by atoms with Crippen molar-refractivity contribution in [2.75, 3.05) is 23.7 Å². The van der Waals surface area contributed by atoms with Crippen LogP contribution in [-0.4, -0.2) is 33.7 Å². The minimum atomic E-state index is -4.04. The molecule has 0 unspecified atom stereocenters. The van der Waals surface area contributed by atoms with E-state index in [4.69, 9.17) is 4.74 Å². The van der Waals surface area contributed by atoms with Crippen LogP contribution in [0.5, 0.6) is 5.75 Å². The third kappa shape index (κ3) is 6.12. The average Bonchev–Trinajstić information content (AvgIpc) is 2.87. The van der Waals surface area contributed by atoms with Crippen molar-refractivity contribution in [2.45, 2.75) is 36.1 Å². The Bertz CT molecular complexity index is 1180. The average molecular weight is 499 g/mol. The molecule has 1 N–H and O–H groups in total. The van der Waals surface area contributed by atoms with Crippen molar-refractivity contribution >= 4 is 33.4 Å². The van der Waals surface area contributed by atoms with Gasteiger partial charge in [-0.1, -0.05) is 49.4 Å². The number of amides is 1. The van der Waals surface area contributed by atoms with Crippen LogP contribution >= 0.6 is 11.8 Å². The van der Waals surface area contributed by atoms with Crippen molar-refractivity contribution in [3.8, 4) is 5.75 Å². The molecule has 0 aromatic heterocycles. The van der Waals surface area contributed by atoms with Gasteiger partial charge in [0.05, 0.1) is 23.2 Å². The molecule has 0 fully saturated rings. The van der Waals surface area contributed by atoms with Gasteiger partial charge in [-0.05, 0) is 61.6 Å². The molecule has 8 heteroatoms. The number of thioether (sulfide) groups is 1. The van der Waals surface area contributed by atoms with Gasteiger partial charge in [-0.15, -0.1) is 11.8 Å². The van der Waals surface area contributed by atoms with E-state index in [1.807, 2.05) is 50.4 Å². The normalized spacial score (nSPS) is 12.1. The topological polar surface area (TPSA) is 75.7 Å². The second-order valence-corrected chi connectivity index (χ2v) is 10.3. The molecular weight excluding hydrogens is 468 g/mol. The molecule has 0 spiro atoms. The first-order valence-electron chi connectivity index (χ1n) is 11.1. The number of hydrogen-bond donors (Lipinski definition) is 1. The molecule has 0 heterocycles. The molecule has 6 nitrogen and oxygen atoms in total. The number of ether oxygens (including phenoxy) is 1. The lowest BCUT2D eigenvalue weighted by Gasteiger charge is -2.27. The van der Waals surface area contributed by atoms with E-state index >= 15 is 0 Å². The van der Waals surface area contributed by atoms with E-state index in [0.717, 1.165) is 14.8 Å². The number of carbonyl (C=O) groups excluding carboxylic acids is 1. The lowest BCUT2D eigenvalue weighted by atomic mass is 10.0. The van der Waals surface area contributed by atoms with Crippen LogP contribution in [0.25, 0.3) is 0 Å². The molecule has 0 aliphatic carbocycles. The Morgan fingerprint density at radius 2 is 1.62 bits per heavy atom. The van der Waals surface area contributed by atoms with Gasteiger partial charge < -0.3 is 10.1 Å². The van der Waals surface area contributed by atoms with E-state index in [1.54, 1.807) is 48.5 Å². The molecule has 1 atom stereocenters. The number of carbonyl (C=O) groups is 1. The van der Waals surface area contributed by atoms with E-state index in [9.17, 15) is 13.2 Å². The minimum Gasteiger partial charge on any atom is -0.492 e.